The molecule has 0 spiro atoms. The molecule has 3 heteroatoms. The Bertz CT molecular complexity index is 583. The first-order valence-corrected chi connectivity index (χ1v) is 7.11. The summed E-state index contributed by atoms with van der Waals surface area (Å²) in [5.74, 6) is 1.80. The molecular formula is C18H23NO2. The minimum Gasteiger partial charge on any atom is -0.497 e. The molecule has 0 saturated carbocycles. The standard InChI is InChI=1S/C18H23NO2/c1-14(16-8-6-10-18(12-16)21-4)19(2)13-15-7-5-9-17(11-15)20-3/h5-12,14H,13H2,1-4H3/t14-/m0/s1. The molecule has 2 aromatic carbocycles. The Kier molecular flexibility index (Phi) is 5.23. The fraction of sp³-hybridized carbons (Fsp3) is 0.333. The second-order valence-electron chi connectivity index (χ2n) is 5.22. The second kappa shape index (κ2) is 7.14. The molecule has 0 aliphatic rings. The van der Waals surface area contributed by atoms with E-state index < -0.39 is 0 Å². The van der Waals surface area contributed by atoms with Crippen molar-refractivity contribution >= 4 is 0 Å². The third-order valence-corrected chi connectivity index (χ3v) is 3.80. The predicted octanol–water partition coefficient (Wildman–Crippen LogP) is 3.90. The summed E-state index contributed by atoms with van der Waals surface area (Å²) in [6.45, 7) is 3.07. The Labute approximate surface area is 127 Å². The van der Waals surface area contributed by atoms with E-state index in [9.17, 15) is 0 Å². The maximum atomic E-state index is 5.30. The Balaban J connectivity index is 2.09. The average molecular weight is 285 g/mol. The number of nitrogens with zero attached hydrogens (tertiary/aromatic N) is 1. The van der Waals surface area contributed by atoms with Crippen molar-refractivity contribution in [1.29, 1.82) is 0 Å². The molecule has 0 radical (unpaired) electrons. The SMILES string of the molecule is COc1cccc(CN(C)[C@@H](C)c2cccc(OC)c2)c1. The lowest BCUT2D eigenvalue weighted by Crippen LogP contribution is -2.21. The van der Waals surface area contributed by atoms with Crippen LogP contribution in [0.2, 0.25) is 0 Å². The van der Waals surface area contributed by atoms with Gasteiger partial charge in [0.2, 0.25) is 0 Å². The van der Waals surface area contributed by atoms with Crippen molar-refractivity contribution < 1.29 is 9.47 Å². The Hall–Kier alpha value is -2.00. The van der Waals surface area contributed by atoms with Gasteiger partial charge in [-0.05, 0) is 49.4 Å². The number of rotatable bonds is 6. The van der Waals surface area contributed by atoms with E-state index in [1.807, 2.05) is 24.3 Å². The molecule has 0 fully saturated rings. The van der Waals surface area contributed by atoms with Crippen LogP contribution >= 0.6 is 0 Å². The van der Waals surface area contributed by atoms with Crippen molar-refractivity contribution in [3.63, 3.8) is 0 Å². The fourth-order valence-corrected chi connectivity index (χ4v) is 2.35. The molecule has 0 bridgehead atoms. The van der Waals surface area contributed by atoms with Crippen molar-refractivity contribution in [2.75, 3.05) is 21.3 Å². The van der Waals surface area contributed by atoms with Crippen LogP contribution in [0.5, 0.6) is 11.5 Å². The quantitative estimate of drug-likeness (QED) is 0.803. The summed E-state index contributed by atoms with van der Waals surface area (Å²) in [6, 6.07) is 16.7. The van der Waals surface area contributed by atoms with Crippen LogP contribution in [-0.4, -0.2) is 26.2 Å². The largest absolute Gasteiger partial charge is 0.497 e. The number of hydrogen-bond donors (Lipinski definition) is 0. The highest BCUT2D eigenvalue weighted by atomic mass is 16.5. The van der Waals surface area contributed by atoms with E-state index in [1.165, 1.54) is 11.1 Å². The molecule has 0 unspecified atom stereocenters. The van der Waals surface area contributed by atoms with Crippen molar-refractivity contribution in [2.45, 2.75) is 19.5 Å². The molecule has 0 heterocycles. The number of hydrogen-bond acceptors (Lipinski definition) is 3. The molecule has 0 aliphatic carbocycles. The molecule has 0 amide bonds. The summed E-state index contributed by atoms with van der Waals surface area (Å²) < 4.78 is 10.6. The minimum absolute atomic E-state index is 0.311. The van der Waals surface area contributed by atoms with Crippen LogP contribution in [0.1, 0.15) is 24.1 Å². The van der Waals surface area contributed by atoms with Gasteiger partial charge in [-0.25, -0.2) is 0 Å². The van der Waals surface area contributed by atoms with Crippen molar-refractivity contribution in [3.05, 3.63) is 59.7 Å². The van der Waals surface area contributed by atoms with Gasteiger partial charge in [0.1, 0.15) is 11.5 Å². The monoisotopic (exact) mass is 285 g/mol. The second-order valence-corrected chi connectivity index (χ2v) is 5.22. The molecule has 112 valence electrons. The summed E-state index contributed by atoms with van der Waals surface area (Å²) in [5.41, 5.74) is 2.49. The lowest BCUT2D eigenvalue weighted by molar-refractivity contribution is 0.252. The lowest BCUT2D eigenvalue weighted by Gasteiger charge is -2.25. The van der Waals surface area contributed by atoms with E-state index in [1.54, 1.807) is 14.2 Å². The summed E-state index contributed by atoms with van der Waals surface area (Å²) in [4.78, 5) is 2.31. The Morgan fingerprint density at radius 3 is 2.24 bits per heavy atom. The zero-order valence-corrected chi connectivity index (χ0v) is 13.2. The van der Waals surface area contributed by atoms with Crippen LogP contribution in [0.3, 0.4) is 0 Å². The summed E-state index contributed by atoms with van der Waals surface area (Å²) in [7, 11) is 5.52. The smallest absolute Gasteiger partial charge is 0.119 e. The summed E-state index contributed by atoms with van der Waals surface area (Å²) in [6.07, 6.45) is 0. The highest BCUT2D eigenvalue weighted by Gasteiger charge is 2.13. The van der Waals surface area contributed by atoms with Crippen LogP contribution in [0.25, 0.3) is 0 Å². The highest BCUT2D eigenvalue weighted by molar-refractivity contribution is 5.31. The van der Waals surface area contributed by atoms with Gasteiger partial charge in [-0.2, -0.15) is 0 Å². The average Bonchev–Trinajstić information content (AvgIpc) is 2.54. The molecule has 0 saturated heterocycles. The van der Waals surface area contributed by atoms with Gasteiger partial charge in [-0.3, -0.25) is 4.90 Å². The normalized spacial score (nSPS) is 12.2. The van der Waals surface area contributed by atoms with Crippen molar-refractivity contribution in [2.24, 2.45) is 0 Å². The van der Waals surface area contributed by atoms with Crippen LogP contribution < -0.4 is 9.47 Å². The van der Waals surface area contributed by atoms with Gasteiger partial charge in [-0.15, -0.1) is 0 Å². The first kappa shape index (κ1) is 15.4. The highest BCUT2D eigenvalue weighted by Crippen LogP contribution is 2.24. The van der Waals surface area contributed by atoms with Gasteiger partial charge in [-0.1, -0.05) is 24.3 Å². The summed E-state index contributed by atoms with van der Waals surface area (Å²) in [5, 5.41) is 0. The predicted molar refractivity (Wildman–Crippen MR) is 85.9 cm³/mol. The molecule has 21 heavy (non-hydrogen) atoms. The van der Waals surface area contributed by atoms with Crippen LogP contribution in [-0.2, 0) is 6.54 Å². The van der Waals surface area contributed by atoms with Gasteiger partial charge in [0.15, 0.2) is 0 Å². The van der Waals surface area contributed by atoms with E-state index in [2.05, 4.69) is 43.1 Å². The van der Waals surface area contributed by atoms with Gasteiger partial charge in [0.25, 0.3) is 0 Å². The molecule has 0 aliphatic heterocycles. The maximum absolute atomic E-state index is 5.30. The molecule has 0 N–H and O–H groups in total. The molecule has 2 rings (SSSR count). The number of methoxy groups -OCH3 is 2. The number of ether oxygens (including phenoxy) is 2. The lowest BCUT2D eigenvalue weighted by atomic mass is 10.1. The molecule has 1 atom stereocenters. The van der Waals surface area contributed by atoms with Crippen LogP contribution in [0.4, 0.5) is 0 Å². The molecule has 3 nitrogen and oxygen atoms in total. The third-order valence-electron chi connectivity index (χ3n) is 3.80. The van der Waals surface area contributed by atoms with Crippen LogP contribution in [0.15, 0.2) is 48.5 Å². The first-order valence-electron chi connectivity index (χ1n) is 7.11. The molecular weight excluding hydrogens is 262 g/mol. The van der Waals surface area contributed by atoms with E-state index in [0.717, 1.165) is 18.0 Å². The van der Waals surface area contributed by atoms with Crippen molar-refractivity contribution in [1.82, 2.24) is 4.90 Å². The van der Waals surface area contributed by atoms with Gasteiger partial charge >= 0.3 is 0 Å². The first-order chi connectivity index (χ1) is 10.1. The van der Waals surface area contributed by atoms with E-state index in [-0.39, 0.29) is 0 Å². The summed E-state index contributed by atoms with van der Waals surface area (Å²) >= 11 is 0. The van der Waals surface area contributed by atoms with E-state index in [0.29, 0.717) is 6.04 Å². The van der Waals surface area contributed by atoms with Gasteiger partial charge in [0, 0.05) is 12.6 Å². The van der Waals surface area contributed by atoms with E-state index in [4.69, 9.17) is 9.47 Å². The van der Waals surface area contributed by atoms with Crippen LogP contribution in [0, 0.1) is 0 Å². The Morgan fingerprint density at radius 1 is 0.952 bits per heavy atom. The van der Waals surface area contributed by atoms with Gasteiger partial charge < -0.3 is 9.47 Å². The maximum Gasteiger partial charge on any atom is 0.119 e. The third kappa shape index (κ3) is 3.99. The number of benzene rings is 2. The minimum atomic E-state index is 0.311. The fourth-order valence-electron chi connectivity index (χ4n) is 2.35. The van der Waals surface area contributed by atoms with Gasteiger partial charge in [0.05, 0.1) is 14.2 Å². The zero-order valence-electron chi connectivity index (χ0n) is 13.2. The molecule has 0 aromatic heterocycles. The molecule has 2 aromatic rings. The topological polar surface area (TPSA) is 21.7 Å². The zero-order chi connectivity index (χ0) is 15.2. The van der Waals surface area contributed by atoms with Crippen molar-refractivity contribution in [3.8, 4) is 11.5 Å². The van der Waals surface area contributed by atoms with E-state index >= 15 is 0 Å². The Morgan fingerprint density at radius 2 is 1.57 bits per heavy atom.